The first kappa shape index (κ1) is 12.5. The van der Waals surface area contributed by atoms with Gasteiger partial charge in [-0.05, 0) is 69.1 Å². The molecule has 0 saturated heterocycles. The Bertz CT molecular complexity index is 298. The highest BCUT2D eigenvalue weighted by atomic mass is 16.1. The van der Waals surface area contributed by atoms with Gasteiger partial charge in [-0.3, -0.25) is 4.79 Å². The molecule has 4 saturated carbocycles. The molecule has 4 aliphatic carbocycles. The van der Waals surface area contributed by atoms with Crippen molar-refractivity contribution in [3.63, 3.8) is 0 Å². The zero-order valence-corrected chi connectivity index (χ0v) is 11.4. The summed E-state index contributed by atoms with van der Waals surface area (Å²) in [5.41, 5.74) is 5.72. The van der Waals surface area contributed by atoms with Crippen LogP contribution in [-0.4, -0.2) is 18.5 Å². The maximum absolute atomic E-state index is 12.4. The number of carbonyl (C=O) groups excluding carboxylic acids is 1. The van der Waals surface area contributed by atoms with Crippen LogP contribution in [0.2, 0.25) is 0 Å². The summed E-state index contributed by atoms with van der Waals surface area (Å²) >= 11 is 0. The molecular weight excluding hydrogens is 224 g/mol. The number of hydrogen-bond acceptors (Lipinski definition) is 2. The second-order valence-corrected chi connectivity index (χ2v) is 7.01. The summed E-state index contributed by atoms with van der Waals surface area (Å²) in [4.78, 5) is 12.4. The Labute approximate surface area is 110 Å². The molecular formula is C15H26N2O. The van der Waals surface area contributed by atoms with Crippen molar-refractivity contribution in [2.75, 3.05) is 6.54 Å². The first-order valence-electron chi connectivity index (χ1n) is 7.66. The largest absolute Gasteiger partial charge is 0.356 e. The predicted molar refractivity (Wildman–Crippen MR) is 71.8 cm³/mol. The number of hydrogen-bond donors (Lipinski definition) is 2. The molecule has 4 rings (SSSR count). The van der Waals surface area contributed by atoms with E-state index in [9.17, 15) is 4.79 Å². The highest BCUT2D eigenvalue weighted by Crippen LogP contribution is 2.56. The van der Waals surface area contributed by atoms with Crippen LogP contribution >= 0.6 is 0 Å². The third-order valence-electron chi connectivity index (χ3n) is 5.43. The van der Waals surface area contributed by atoms with E-state index in [2.05, 4.69) is 5.32 Å². The number of nitrogens with two attached hydrogens (primary N) is 1. The van der Waals surface area contributed by atoms with Gasteiger partial charge in [0.2, 0.25) is 5.91 Å². The van der Waals surface area contributed by atoms with Crippen LogP contribution in [0.1, 0.15) is 45.4 Å². The minimum atomic E-state index is 0.184. The monoisotopic (exact) mass is 250 g/mol. The lowest BCUT2D eigenvalue weighted by molar-refractivity contribution is -0.138. The smallest absolute Gasteiger partial charge is 0.223 e. The van der Waals surface area contributed by atoms with Crippen molar-refractivity contribution >= 4 is 5.91 Å². The number of carbonyl (C=O) groups is 1. The molecule has 0 aliphatic heterocycles. The van der Waals surface area contributed by atoms with E-state index in [1.165, 1.54) is 32.1 Å². The summed E-state index contributed by atoms with van der Waals surface area (Å²) in [5.74, 6) is 3.92. The molecule has 0 aromatic rings. The summed E-state index contributed by atoms with van der Waals surface area (Å²) in [5, 5.41) is 3.12. The lowest BCUT2D eigenvalue weighted by Gasteiger charge is -2.53. The molecule has 3 nitrogen and oxygen atoms in total. The van der Waals surface area contributed by atoms with E-state index in [1.807, 2.05) is 6.92 Å². The lowest BCUT2D eigenvalue weighted by atomic mass is 9.51. The molecule has 0 aromatic carbocycles. The fraction of sp³-hybridized carbons (Fsp3) is 0.933. The minimum absolute atomic E-state index is 0.184. The van der Waals surface area contributed by atoms with E-state index in [0.29, 0.717) is 23.7 Å². The highest BCUT2D eigenvalue weighted by Gasteiger charge is 2.50. The van der Waals surface area contributed by atoms with Crippen molar-refractivity contribution < 1.29 is 4.79 Å². The van der Waals surface area contributed by atoms with Crippen LogP contribution < -0.4 is 11.1 Å². The molecule has 4 aliphatic rings. The van der Waals surface area contributed by atoms with Gasteiger partial charge in [0.25, 0.3) is 0 Å². The first-order chi connectivity index (χ1) is 8.63. The van der Waals surface area contributed by atoms with Crippen LogP contribution in [0.15, 0.2) is 0 Å². The lowest BCUT2D eigenvalue weighted by Crippen LogP contribution is -2.51. The van der Waals surface area contributed by atoms with E-state index < -0.39 is 0 Å². The van der Waals surface area contributed by atoms with Crippen molar-refractivity contribution in [3.05, 3.63) is 0 Å². The van der Waals surface area contributed by atoms with Crippen LogP contribution in [0.3, 0.4) is 0 Å². The van der Waals surface area contributed by atoms with E-state index in [4.69, 9.17) is 5.73 Å². The van der Waals surface area contributed by atoms with E-state index in [-0.39, 0.29) is 6.04 Å². The van der Waals surface area contributed by atoms with Gasteiger partial charge in [0.05, 0.1) is 0 Å². The van der Waals surface area contributed by atoms with Crippen LogP contribution in [0.25, 0.3) is 0 Å². The molecule has 0 aromatic heterocycles. The molecule has 0 radical (unpaired) electrons. The molecule has 102 valence electrons. The van der Waals surface area contributed by atoms with Gasteiger partial charge in [0.1, 0.15) is 0 Å². The summed E-state index contributed by atoms with van der Waals surface area (Å²) in [7, 11) is 0. The van der Waals surface area contributed by atoms with Crippen molar-refractivity contribution in [3.8, 4) is 0 Å². The predicted octanol–water partition coefficient (Wildman–Crippen LogP) is 1.91. The molecule has 3 heteroatoms. The quantitative estimate of drug-likeness (QED) is 0.801. The second-order valence-electron chi connectivity index (χ2n) is 7.01. The van der Waals surface area contributed by atoms with Crippen LogP contribution in [0.4, 0.5) is 0 Å². The van der Waals surface area contributed by atoms with Crippen LogP contribution in [0.5, 0.6) is 0 Å². The van der Waals surface area contributed by atoms with Crippen LogP contribution in [0, 0.1) is 29.6 Å². The maximum Gasteiger partial charge on any atom is 0.223 e. The Balaban J connectivity index is 1.57. The molecule has 3 N–H and O–H groups in total. The maximum atomic E-state index is 12.4. The zero-order chi connectivity index (χ0) is 12.7. The van der Waals surface area contributed by atoms with Crippen molar-refractivity contribution in [1.82, 2.24) is 5.32 Å². The van der Waals surface area contributed by atoms with Crippen molar-refractivity contribution in [1.29, 1.82) is 0 Å². The molecule has 1 unspecified atom stereocenters. The van der Waals surface area contributed by atoms with Gasteiger partial charge in [0.15, 0.2) is 0 Å². The fourth-order valence-corrected chi connectivity index (χ4v) is 4.89. The van der Waals surface area contributed by atoms with Crippen molar-refractivity contribution in [2.45, 2.75) is 51.5 Å². The first-order valence-corrected chi connectivity index (χ1v) is 7.66. The highest BCUT2D eigenvalue weighted by molar-refractivity contribution is 5.79. The standard InChI is InChI=1S/C15H26N2O/c1-9(16)2-3-17-15(18)14-12-5-10-4-11(7-12)8-13(14)6-10/h9-14H,2-8,16H2,1H3,(H,17,18). The third kappa shape index (κ3) is 2.29. The Hall–Kier alpha value is -0.570. The van der Waals surface area contributed by atoms with Gasteiger partial charge < -0.3 is 11.1 Å². The molecule has 0 spiro atoms. The van der Waals surface area contributed by atoms with E-state index in [1.54, 1.807) is 0 Å². The Morgan fingerprint density at radius 3 is 2.22 bits per heavy atom. The Kier molecular flexibility index (Phi) is 3.35. The summed E-state index contributed by atoms with van der Waals surface area (Å²) < 4.78 is 0. The average molecular weight is 250 g/mol. The number of rotatable bonds is 4. The van der Waals surface area contributed by atoms with Gasteiger partial charge in [-0.1, -0.05) is 0 Å². The van der Waals surface area contributed by atoms with Gasteiger partial charge in [-0.15, -0.1) is 0 Å². The van der Waals surface area contributed by atoms with Gasteiger partial charge >= 0.3 is 0 Å². The zero-order valence-electron chi connectivity index (χ0n) is 11.4. The second kappa shape index (κ2) is 4.84. The van der Waals surface area contributed by atoms with Gasteiger partial charge in [0, 0.05) is 18.5 Å². The molecule has 1 amide bonds. The Morgan fingerprint density at radius 1 is 1.17 bits per heavy atom. The number of nitrogens with one attached hydrogen (secondary N) is 1. The summed E-state index contributed by atoms with van der Waals surface area (Å²) in [6.07, 6.45) is 7.61. The minimum Gasteiger partial charge on any atom is -0.356 e. The molecule has 18 heavy (non-hydrogen) atoms. The SMILES string of the molecule is CC(N)CCNC(=O)C1C2CC3CC(C2)CC1C3. The molecule has 4 bridgehead atoms. The fourth-order valence-electron chi connectivity index (χ4n) is 4.89. The summed E-state index contributed by atoms with van der Waals surface area (Å²) in [6.45, 7) is 2.74. The topological polar surface area (TPSA) is 55.1 Å². The molecule has 1 atom stereocenters. The van der Waals surface area contributed by atoms with Gasteiger partial charge in [-0.2, -0.15) is 0 Å². The average Bonchev–Trinajstić information content (AvgIpc) is 2.26. The van der Waals surface area contributed by atoms with E-state index >= 15 is 0 Å². The third-order valence-corrected chi connectivity index (χ3v) is 5.43. The normalized spacial score (nSPS) is 42.9. The molecule has 0 heterocycles. The Morgan fingerprint density at radius 2 is 1.72 bits per heavy atom. The number of amides is 1. The molecule has 4 fully saturated rings. The van der Waals surface area contributed by atoms with Gasteiger partial charge in [-0.25, -0.2) is 0 Å². The van der Waals surface area contributed by atoms with Crippen molar-refractivity contribution in [2.24, 2.45) is 35.3 Å². The van der Waals surface area contributed by atoms with E-state index in [0.717, 1.165) is 24.8 Å². The van der Waals surface area contributed by atoms with Crippen LogP contribution in [-0.2, 0) is 4.79 Å². The summed E-state index contributed by atoms with van der Waals surface area (Å²) in [6, 6.07) is 0.184.